The fourth-order valence-electron chi connectivity index (χ4n) is 2.96. The van der Waals surface area contributed by atoms with Crippen LogP contribution >= 0.6 is 0 Å². The van der Waals surface area contributed by atoms with Crippen molar-refractivity contribution < 1.29 is 9.90 Å². The average molecular weight is 243 g/mol. The summed E-state index contributed by atoms with van der Waals surface area (Å²) in [6.45, 7) is 1.01. The molecule has 1 atom stereocenters. The first kappa shape index (κ1) is 11.3. The summed E-state index contributed by atoms with van der Waals surface area (Å²) in [6, 6.07) is 6.00. The predicted octanol–water partition coefficient (Wildman–Crippen LogP) is 2.86. The lowest BCUT2D eigenvalue weighted by atomic mass is 10.0. The van der Waals surface area contributed by atoms with Gasteiger partial charge in [0.05, 0.1) is 5.56 Å². The van der Waals surface area contributed by atoms with Crippen molar-refractivity contribution in [1.82, 2.24) is 0 Å². The first-order valence-electron chi connectivity index (χ1n) is 6.55. The lowest BCUT2D eigenvalue weighted by molar-refractivity contribution is 0.0697. The van der Waals surface area contributed by atoms with Crippen molar-refractivity contribution in [2.24, 2.45) is 0 Å². The summed E-state index contributed by atoms with van der Waals surface area (Å²) in [5, 5.41) is 9.01. The molecule has 0 bridgehead atoms. The summed E-state index contributed by atoms with van der Waals surface area (Å²) < 4.78 is 0. The normalized spacial score (nSPS) is 22.0. The number of nitrogens with zero attached hydrogens (tertiary/aromatic N) is 1. The smallest absolute Gasteiger partial charge is 0.335 e. The Morgan fingerprint density at radius 3 is 3.00 bits per heavy atom. The first-order chi connectivity index (χ1) is 8.75. The zero-order valence-electron chi connectivity index (χ0n) is 10.3. The van der Waals surface area contributed by atoms with E-state index in [1.165, 1.54) is 30.5 Å². The van der Waals surface area contributed by atoms with Crippen molar-refractivity contribution in [1.29, 1.82) is 0 Å². The number of hydrogen-bond acceptors (Lipinski definition) is 2. The Balaban J connectivity index is 1.90. The molecule has 0 amide bonds. The molecule has 3 heteroatoms. The van der Waals surface area contributed by atoms with E-state index < -0.39 is 5.97 Å². The monoisotopic (exact) mass is 243 g/mol. The van der Waals surface area contributed by atoms with Crippen molar-refractivity contribution in [3.63, 3.8) is 0 Å². The van der Waals surface area contributed by atoms with Crippen LogP contribution in [-0.2, 0) is 6.42 Å². The van der Waals surface area contributed by atoms with E-state index in [0.29, 0.717) is 11.6 Å². The van der Waals surface area contributed by atoms with E-state index in [9.17, 15) is 4.79 Å². The van der Waals surface area contributed by atoms with Gasteiger partial charge in [-0.1, -0.05) is 12.2 Å². The number of carbonyl (C=O) groups is 1. The van der Waals surface area contributed by atoms with Crippen LogP contribution in [0.2, 0.25) is 0 Å². The van der Waals surface area contributed by atoms with E-state index >= 15 is 0 Å². The summed E-state index contributed by atoms with van der Waals surface area (Å²) in [5.41, 5.74) is 2.79. The molecule has 1 aliphatic heterocycles. The van der Waals surface area contributed by atoms with Gasteiger partial charge in [-0.3, -0.25) is 0 Å². The SMILES string of the molecule is O=C(O)c1ccc2c(c1)CCN2C1C=CCCC1. The third kappa shape index (κ3) is 1.90. The van der Waals surface area contributed by atoms with Gasteiger partial charge in [0, 0.05) is 18.3 Å². The Kier molecular flexibility index (Phi) is 2.82. The molecule has 3 nitrogen and oxygen atoms in total. The van der Waals surface area contributed by atoms with Gasteiger partial charge in [-0.15, -0.1) is 0 Å². The molecule has 1 aromatic carbocycles. The predicted molar refractivity (Wildman–Crippen MR) is 71.2 cm³/mol. The van der Waals surface area contributed by atoms with E-state index in [2.05, 4.69) is 17.1 Å². The molecule has 0 aromatic heterocycles. The number of carboxylic acid groups (broad SMARTS) is 1. The number of allylic oxidation sites excluding steroid dienone is 1. The van der Waals surface area contributed by atoms with Crippen LogP contribution in [0.25, 0.3) is 0 Å². The maximum absolute atomic E-state index is 11.0. The molecule has 3 rings (SSSR count). The van der Waals surface area contributed by atoms with Crippen molar-refractivity contribution in [2.75, 3.05) is 11.4 Å². The Morgan fingerprint density at radius 2 is 2.28 bits per heavy atom. The minimum absolute atomic E-state index is 0.398. The maximum atomic E-state index is 11.0. The number of hydrogen-bond donors (Lipinski definition) is 1. The van der Waals surface area contributed by atoms with Gasteiger partial charge in [0.15, 0.2) is 0 Å². The van der Waals surface area contributed by atoms with Crippen LogP contribution in [-0.4, -0.2) is 23.7 Å². The standard InChI is InChI=1S/C15H17NO2/c17-15(18)12-6-7-14-11(10-12)8-9-16(14)13-4-2-1-3-5-13/h2,4,6-7,10,13H,1,3,5,8-9H2,(H,17,18). The molecule has 0 radical (unpaired) electrons. The van der Waals surface area contributed by atoms with Crippen LogP contribution in [0.5, 0.6) is 0 Å². The molecule has 1 aromatic rings. The highest BCUT2D eigenvalue weighted by Gasteiger charge is 2.25. The van der Waals surface area contributed by atoms with E-state index in [1.807, 2.05) is 12.1 Å². The zero-order chi connectivity index (χ0) is 12.5. The number of aromatic carboxylic acids is 1. The van der Waals surface area contributed by atoms with Crippen molar-refractivity contribution in [3.05, 3.63) is 41.5 Å². The highest BCUT2D eigenvalue weighted by molar-refractivity contribution is 5.88. The minimum atomic E-state index is -0.839. The number of fused-ring (bicyclic) bond motifs is 1. The van der Waals surface area contributed by atoms with E-state index in [4.69, 9.17) is 5.11 Å². The van der Waals surface area contributed by atoms with Gasteiger partial charge in [0.1, 0.15) is 0 Å². The number of benzene rings is 1. The number of rotatable bonds is 2. The summed E-state index contributed by atoms with van der Waals surface area (Å²) in [5.74, 6) is -0.839. The topological polar surface area (TPSA) is 40.5 Å². The summed E-state index contributed by atoms with van der Waals surface area (Å²) in [6.07, 6.45) is 9.16. The van der Waals surface area contributed by atoms with Gasteiger partial charge in [0.2, 0.25) is 0 Å². The maximum Gasteiger partial charge on any atom is 0.335 e. The van der Waals surface area contributed by atoms with E-state index in [-0.39, 0.29) is 0 Å². The third-order valence-corrected chi connectivity index (χ3v) is 3.89. The quantitative estimate of drug-likeness (QED) is 0.812. The van der Waals surface area contributed by atoms with Crippen LogP contribution in [0.4, 0.5) is 5.69 Å². The molecule has 0 saturated heterocycles. The summed E-state index contributed by atoms with van der Waals surface area (Å²) in [7, 11) is 0. The van der Waals surface area contributed by atoms with Gasteiger partial charge in [-0.25, -0.2) is 4.79 Å². The van der Waals surface area contributed by atoms with E-state index in [1.54, 1.807) is 6.07 Å². The van der Waals surface area contributed by atoms with Crippen LogP contribution in [0.3, 0.4) is 0 Å². The molecule has 1 unspecified atom stereocenters. The molecule has 1 aliphatic carbocycles. The molecule has 0 fully saturated rings. The van der Waals surface area contributed by atoms with Crippen molar-refractivity contribution >= 4 is 11.7 Å². The van der Waals surface area contributed by atoms with Crippen molar-refractivity contribution in [3.8, 4) is 0 Å². The van der Waals surface area contributed by atoms with Crippen molar-refractivity contribution in [2.45, 2.75) is 31.7 Å². The molecule has 2 aliphatic rings. The number of anilines is 1. The molecular weight excluding hydrogens is 226 g/mol. The first-order valence-corrected chi connectivity index (χ1v) is 6.55. The Hall–Kier alpha value is -1.77. The Labute approximate surface area is 107 Å². The fraction of sp³-hybridized carbons (Fsp3) is 0.400. The fourth-order valence-corrected chi connectivity index (χ4v) is 2.96. The second-order valence-electron chi connectivity index (χ2n) is 5.02. The van der Waals surface area contributed by atoms with Gasteiger partial charge in [0.25, 0.3) is 0 Å². The third-order valence-electron chi connectivity index (χ3n) is 3.89. The molecule has 94 valence electrons. The highest BCUT2D eigenvalue weighted by Crippen LogP contribution is 2.33. The Morgan fingerprint density at radius 1 is 1.39 bits per heavy atom. The average Bonchev–Trinajstić information content (AvgIpc) is 2.82. The molecular formula is C15H17NO2. The molecule has 0 saturated carbocycles. The van der Waals surface area contributed by atoms with Crippen LogP contribution in [0.1, 0.15) is 35.2 Å². The zero-order valence-corrected chi connectivity index (χ0v) is 10.3. The van der Waals surface area contributed by atoms with Gasteiger partial charge in [-0.2, -0.15) is 0 Å². The van der Waals surface area contributed by atoms with Gasteiger partial charge < -0.3 is 10.0 Å². The van der Waals surface area contributed by atoms with Gasteiger partial charge >= 0.3 is 5.97 Å². The molecule has 1 heterocycles. The second-order valence-corrected chi connectivity index (χ2v) is 5.02. The largest absolute Gasteiger partial charge is 0.478 e. The number of carboxylic acids is 1. The molecule has 18 heavy (non-hydrogen) atoms. The van der Waals surface area contributed by atoms with Gasteiger partial charge in [-0.05, 0) is 49.4 Å². The Bertz CT molecular complexity index is 507. The van der Waals surface area contributed by atoms with Crippen LogP contribution < -0.4 is 4.90 Å². The summed E-state index contributed by atoms with van der Waals surface area (Å²) in [4.78, 5) is 13.4. The molecule has 1 N–H and O–H groups in total. The lowest BCUT2D eigenvalue weighted by Gasteiger charge is -2.30. The highest BCUT2D eigenvalue weighted by atomic mass is 16.4. The molecule has 0 spiro atoms. The lowest BCUT2D eigenvalue weighted by Crippen LogP contribution is -2.33. The van der Waals surface area contributed by atoms with E-state index in [0.717, 1.165) is 13.0 Å². The summed E-state index contributed by atoms with van der Waals surface area (Å²) >= 11 is 0. The van der Waals surface area contributed by atoms with Crippen LogP contribution in [0, 0.1) is 0 Å². The van der Waals surface area contributed by atoms with Crippen LogP contribution in [0.15, 0.2) is 30.4 Å². The minimum Gasteiger partial charge on any atom is -0.478 e. The second kappa shape index (κ2) is 4.48.